The van der Waals surface area contributed by atoms with Gasteiger partial charge in [-0.15, -0.1) is 0 Å². The number of aromatic nitrogens is 4. The number of imidazole rings is 1. The van der Waals surface area contributed by atoms with Crippen LogP contribution in [-0.2, 0) is 11.2 Å². The molecule has 9 nitrogen and oxygen atoms in total. The molecule has 2 unspecified atom stereocenters. The van der Waals surface area contributed by atoms with Gasteiger partial charge in [-0.2, -0.15) is 0 Å². The molecule has 3 atom stereocenters. The maximum Gasteiger partial charge on any atom is 0.220 e. The summed E-state index contributed by atoms with van der Waals surface area (Å²) in [4.78, 5) is 30.2. The molecule has 9 heteroatoms. The fourth-order valence-electron chi connectivity index (χ4n) is 5.00. The minimum atomic E-state index is -0.655. The molecule has 1 amide bonds. The van der Waals surface area contributed by atoms with Gasteiger partial charge in [0.05, 0.1) is 18.5 Å². The number of fused-ring (bicyclic) bond motifs is 2. The normalized spacial score (nSPS) is 22.7. The number of aliphatic hydroxyl groups excluding tert-OH is 1. The third-order valence-corrected chi connectivity index (χ3v) is 6.71. The first-order valence-corrected chi connectivity index (χ1v) is 11.2. The van der Waals surface area contributed by atoms with Crippen molar-refractivity contribution in [3.8, 4) is 5.75 Å². The fourth-order valence-corrected chi connectivity index (χ4v) is 5.00. The SMILES string of the molecule is CNC(=O)CC1CCc2c(OC[C@H]3CCCN3c3ncnc4nc[nH]c34)cccc2C1O. The second-order valence-electron chi connectivity index (χ2n) is 8.54. The van der Waals surface area contributed by atoms with Gasteiger partial charge in [-0.25, -0.2) is 15.0 Å². The molecule has 1 aliphatic heterocycles. The molecule has 1 saturated heterocycles. The molecular weight excluding hydrogens is 408 g/mol. The van der Waals surface area contributed by atoms with Crippen molar-refractivity contribution in [1.82, 2.24) is 25.3 Å². The van der Waals surface area contributed by atoms with Crippen LogP contribution >= 0.6 is 0 Å². The number of H-pyrrole nitrogens is 1. The Morgan fingerprint density at radius 3 is 3.09 bits per heavy atom. The van der Waals surface area contributed by atoms with E-state index in [0.717, 1.165) is 60.4 Å². The van der Waals surface area contributed by atoms with Crippen molar-refractivity contribution in [3.63, 3.8) is 0 Å². The van der Waals surface area contributed by atoms with E-state index in [0.29, 0.717) is 18.7 Å². The van der Waals surface area contributed by atoms with E-state index >= 15 is 0 Å². The first kappa shape index (κ1) is 20.7. The number of hydrogen-bond donors (Lipinski definition) is 3. The summed E-state index contributed by atoms with van der Waals surface area (Å²) in [6, 6.07) is 6.04. The van der Waals surface area contributed by atoms with E-state index in [1.54, 1.807) is 19.7 Å². The minimum absolute atomic E-state index is 0.0395. The Bertz CT molecular complexity index is 1120. The molecule has 168 valence electrons. The maximum absolute atomic E-state index is 11.8. The van der Waals surface area contributed by atoms with Crippen molar-refractivity contribution in [2.24, 2.45) is 5.92 Å². The topological polar surface area (TPSA) is 116 Å². The highest BCUT2D eigenvalue weighted by molar-refractivity contribution is 5.83. The number of ether oxygens (including phenoxy) is 1. The molecule has 2 aliphatic rings. The van der Waals surface area contributed by atoms with Gasteiger partial charge in [0, 0.05) is 20.0 Å². The van der Waals surface area contributed by atoms with Gasteiger partial charge in [-0.05, 0) is 48.8 Å². The van der Waals surface area contributed by atoms with E-state index in [1.165, 1.54) is 0 Å². The molecule has 1 aromatic carbocycles. The minimum Gasteiger partial charge on any atom is -0.491 e. The van der Waals surface area contributed by atoms with Crippen LogP contribution in [0.3, 0.4) is 0 Å². The Morgan fingerprint density at radius 2 is 2.22 bits per heavy atom. The summed E-state index contributed by atoms with van der Waals surface area (Å²) in [5, 5.41) is 13.5. The highest BCUT2D eigenvalue weighted by Crippen LogP contribution is 2.40. The zero-order chi connectivity index (χ0) is 22.1. The smallest absolute Gasteiger partial charge is 0.220 e. The number of anilines is 1. The Labute approximate surface area is 186 Å². The quantitative estimate of drug-likeness (QED) is 0.542. The largest absolute Gasteiger partial charge is 0.491 e. The Kier molecular flexibility index (Phi) is 5.65. The average Bonchev–Trinajstić information content (AvgIpc) is 3.48. The number of amides is 1. The summed E-state index contributed by atoms with van der Waals surface area (Å²) in [7, 11) is 1.63. The lowest BCUT2D eigenvalue weighted by Gasteiger charge is -2.31. The van der Waals surface area contributed by atoms with Crippen molar-refractivity contribution in [3.05, 3.63) is 42.0 Å². The molecule has 0 bridgehead atoms. The van der Waals surface area contributed by atoms with Gasteiger partial charge in [-0.1, -0.05) is 12.1 Å². The maximum atomic E-state index is 11.8. The number of benzene rings is 1. The summed E-state index contributed by atoms with van der Waals surface area (Å²) < 4.78 is 6.32. The third kappa shape index (κ3) is 3.77. The van der Waals surface area contributed by atoms with Crippen molar-refractivity contribution in [2.45, 2.75) is 44.2 Å². The van der Waals surface area contributed by atoms with Gasteiger partial charge in [0.15, 0.2) is 11.5 Å². The number of nitrogens with one attached hydrogen (secondary N) is 2. The summed E-state index contributed by atoms with van der Waals surface area (Å²) >= 11 is 0. The molecule has 2 aromatic heterocycles. The van der Waals surface area contributed by atoms with Crippen molar-refractivity contribution in [1.29, 1.82) is 0 Å². The van der Waals surface area contributed by atoms with Crippen LogP contribution in [0.4, 0.5) is 5.82 Å². The first-order chi connectivity index (χ1) is 15.7. The number of aliphatic hydroxyl groups is 1. The summed E-state index contributed by atoms with van der Waals surface area (Å²) in [5.74, 6) is 1.57. The van der Waals surface area contributed by atoms with Crippen LogP contribution in [-0.4, -0.2) is 57.2 Å². The third-order valence-electron chi connectivity index (χ3n) is 6.71. The van der Waals surface area contributed by atoms with Gasteiger partial charge in [0.25, 0.3) is 0 Å². The highest BCUT2D eigenvalue weighted by Gasteiger charge is 2.32. The van der Waals surface area contributed by atoms with E-state index in [-0.39, 0.29) is 17.9 Å². The number of carbonyl (C=O) groups excluding carboxylic acids is 1. The first-order valence-electron chi connectivity index (χ1n) is 11.2. The summed E-state index contributed by atoms with van der Waals surface area (Å²) in [6.45, 7) is 1.44. The van der Waals surface area contributed by atoms with Crippen LogP contribution in [0.1, 0.15) is 42.9 Å². The van der Waals surface area contributed by atoms with E-state index in [1.807, 2.05) is 18.2 Å². The molecule has 3 heterocycles. The second-order valence-corrected chi connectivity index (χ2v) is 8.54. The van der Waals surface area contributed by atoms with Gasteiger partial charge in [-0.3, -0.25) is 4.79 Å². The number of hydrogen-bond acceptors (Lipinski definition) is 7. The molecule has 1 fully saturated rings. The molecule has 3 N–H and O–H groups in total. The predicted octanol–water partition coefficient (Wildman–Crippen LogP) is 2.13. The molecule has 3 aromatic rings. The van der Waals surface area contributed by atoms with Crippen LogP contribution in [0.25, 0.3) is 11.2 Å². The van der Waals surface area contributed by atoms with Crippen LogP contribution in [0.2, 0.25) is 0 Å². The Morgan fingerprint density at radius 1 is 1.31 bits per heavy atom. The second kappa shape index (κ2) is 8.74. The molecule has 0 radical (unpaired) electrons. The van der Waals surface area contributed by atoms with Gasteiger partial charge >= 0.3 is 0 Å². The molecule has 0 saturated carbocycles. The van der Waals surface area contributed by atoms with Gasteiger partial charge in [0.1, 0.15) is 24.2 Å². The molecule has 0 spiro atoms. The van der Waals surface area contributed by atoms with Gasteiger partial charge in [0.2, 0.25) is 5.91 Å². The highest BCUT2D eigenvalue weighted by atomic mass is 16.5. The van der Waals surface area contributed by atoms with Crippen LogP contribution in [0.5, 0.6) is 5.75 Å². The number of rotatable bonds is 6. The standard InChI is InChI=1S/C23H28N6O3/c1-24-19(30)10-14-7-8-16-17(21(14)31)5-2-6-18(16)32-11-15-4-3-9-29(15)23-20-22(26-12-25-20)27-13-28-23/h2,5-6,12-15,21,31H,3-4,7-11H2,1H3,(H,24,30)(H,25,26,27,28)/t14?,15-,21?/m1/s1. The van der Waals surface area contributed by atoms with E-state index in [9.17, 15) is 9.90 Å². The predicted molar refractivity (Wildman–Crippen MR) is 119 cm³/mol. The van der Waals surface area contributed by atoms with Crippen LogP contribution in [0, 0.1) is 5.92 Å². The van der Waals surface area contributed by atoms with Gasteiger partial charge < -0.3 is 25.0 Å². The van der Waals surface area contributed by atoms with Crippen LogP contribution in [0.15, 0.2) is 30.9 Å². The summed E-state index contributed by atoms with van der Waals surface area (Å²) in [6.07, 6.45) is 6.52. The zero-order valence-electron chi connectivity index (χ0n) is 18.1. The number of aromatic amines is 1. The lowest BCUT2D eigenvalue weighted by Crippen LogP contribution is -2.35. The fraction of sp³-hybridized carbons (Fsp3) is 0.478. The van der Waals surface area contributed by atoms with Crippen LogP contribution < -0.4 is 15.0 Å². The van der Waals surface area contributed by atoms with Crippen molar-refractivity contribution < 1.29 is 14.6 Å². The average molecular weight is 437 g/mol. The van der Waals surface area contributed by atoms with E-state index in [4.69, 9.17) is 4.74 Å². The number of carbonyl (C=O) groups is 1. The number of nitrogens with zero attached hydrogens (tertiary/aromatic N) is 4. The lowest BCUT2D eigenvalue weighted by atomic mass is 9.79. The molecule has 5 rings (SSSR count). The monoisotopic (exact) mass is 436 g/mol. The zero-order valence-corrected chi connectivity index (χ0v) is 18.1. The lowest BCUT2D eigenvalue weighted by molar-refractivity contribution is -0.122. The van der Waals surface area contributed by atoms with Crippen molar-refractivity contribution >= 4 is 22.9 Å². The summed E-state index contributed by atoms with van der Waals surface area (Å²) in [5.41, 5.74) is 3.44. The van der Waals surface area contributed by atoms with Crippen molar-refractivity contribution in [2.75, 3.05) is 25.1 Å². The molecule has 32 heavy (non-hydrogen) atoms. The van der Waals surface area contributed by atoms with E-state index in [2.05, 4.69) is 30.2 Å². The molecular formula is C23H28N6O3. The Hall–Kier alpha value is -3.20. The Balaban J connectivity index is 1.31. The molecule has 1 aliphatic carbocycles. The van der Waals surface area contributed by atoms with E-state index < -0.39 is 6.10 Å².